The van der Waals surface area contributed by atoms with E-state index in [-0.39, 0.29) is 11.1 Å². The number of benzene rings is 4. The van der Waals surface area contributed by atoms with Crippen LogP contribution >= 0.6 is 0 Å². The molecule has 0 saturated heterocycles. The number of rotatable bonds is 13. The van der Waals surface area contributed by atoms with Gasteiger partial charge in [-0.2, -0.15) is 0 Å². The molecule has 0 amide bonds. The van der Waals surface area contributed by atoms with E-state index in [2.05, 4.69) is 0 Å². The second kappa shape index (κ2) is 13.6. The van der Waals surface area contributed by atoms with Gasteiger partial charge < -0.3 is 28.4 Å². The van der Waals surface area contributed by atoms with Crippen LogP contribution in [0.15, 0.2) is 72.8 Å². The topological polar surface area (TPSA) is 89.5 Å². The first kappa shape index (κ1) is 30.0. The molecule has 0 saturated carbocycles. The minimum Gasteiger partial charge on any atom is -0.497 e. The van der Waals surface area contributed by atoms with Crippen LogP contribution < -0.4 is 28.4 Å². The van der Waals surface area contributed by atoms with Crippen LogP contribution in [0.5, 0.6) is 34.5 Å². The summed E-state index contributed by atoms with van der Waals surface area (Å²) in [4.78, 5) is 27.4. The molecule has 0 aromatic heterocycles. The molecule has 0 unspecified atom stereocenters. The molecule has 0 radical (unpaired) electrons. The molecule has 0 N–H and O–H groups in total. The quantitative estimate of drug-likeness (QED) is 0.138. The zero-order chi connectivity index (χ0) is 30.2. The van der Waals surface area contributed by atoms with Crippen molar-refractivity contribution in [2.75, 3.05) is 42.7 Å². The number of carbonyl (C=O) groups excluding carboxylic acids is 2. The van der Waals surface area contributed by atoms with Crippen LogP contribution in [0.3, 0.4) is 0 Å². The van der Waals surface area contributed by atoms with Gasteiger partial charge in [-0.1, -0.05) is 24.3 Å². The van der Waals surface area contributed by atoms with Crippen molar-refractivity contribution in [3.8, 4) is 45.6 Å². The monoisotopic (exact) mass is 570 g/mol. The number of hydrogen-bond donors (Lipinski definition) is 0. The molecule has 4 rings (SSSR count). The molecule has 218 valence electrons. The number of Topliss-reactive ketones (excluding diaryl/α,β-unsaturated/α-hetero) is 2. The van der Waals surface area contributed by atoms with Crippen molar-refractivity contribution in [3.05, 3.63) is 95.1 Å². The van der Waals surface area contributed by atoms with Crippen molar-refractivity contribution in [1.29, 1.82) is 0 Å². The van der Waals surface area contributed by atoms with Gasteiger partial charge in [0.05, 0.1) is 42.7 Å². The highest BCUT2D eigenvalue weighted by Gasteiger charge is 2.27. The molecular weight excluding hydrogens is 536 g/mol. The zero-order valence-electron chi connectivity index (χ0n) is 24.6. The lowest BCUT2D eigenvalue weighted by molar-refractivity contribution is 0.0817. The predicted octanol–water partition coefficient (Wildman–Crippen LogP) is 6.26. The highest BCUT2D eigenvalue weighted by molar-refractivity contribution is 6.50. The highest BCUT2D eigenvalue weighted by atomic mass is 16.5. The van der Waals surface area contributed by atoms with Gasteiger partial charge in [0.25, 0.3) is 0 Å². The first-order valence-corrected chi connectivity index (χ1v) is 13.2. The van der Waals surface area contributed by atoms with Crippen LogP contribution in [0, 0.1) is 0 Å². The summed E-state index contributed by atoms with van der Waals surface area (Å²) in [5.74, 6) is 1.61. The van der Waals surface area contributed by atoms with Crippen molar-refractivity contribution in [2.45, 2.75) is 12.8 Å². The van der Waals surface area contributed by atoms with Gasteiger partial charge in [0, 0.05) is 11.1 Å². The van der Waals surface area contributed by atoms with Gasteiger partial charge in [-0.3, -0.25) is 9.59 Å². The lowest BCUT2D eigenvalue weighted by Gasteiger charge is -2.19. The summed E-state index contributed by atoms with van der Waals surface area (Å²) in [6.45, 7) is 0. The van der Waals surface area contributed by atoms with Crippen molar-refractivity contribution < 1.29 is 38.0 Å². The van der Waals surface area contributed by atoms with E-state index >= 15 is 0 Å². The predicted molar refractivity (Wildman–Crippen MR) is 160 cm³/mol. The van der Waals surface area contributed by atoms with E-state index in [1.165, 1.54) is 33.5 Å². The van der Waals surface area contributed by atoms with Crippen LogP contribution in [0.2, 0.25) is 0 Å². The Morgan fingerprint density at radius 2 is 1.07 bits per heavy atom. The summed E-state index contributed by atoms with van der Waals surface area (Å²) in [6, 6.07) is 21.3. The maximum Gasteiger partial charge on any atom is 0.234 e. The Morgan fingerprint density at radius 3 is 1.69 bits per heavy atom. The summed E-state index contributed by atoms with van der Waals surface area (Å²) < 4.78 is 33.0. The lowest BCUT2D eigenvalue weighted by atomic mass is 9.88. The smallest absolute Gasteiger partial charge is 0.234 e. The maximum absolute atomic E-state index is 13.9. The minimum absolute atomic E-state index is 0.162. The molecule has 0 spiro atoms. The van der Waals surface area contributed by atoms with E-state index in [1.807, 2.05) is 36.4 Å². The number of hydrogen-bond acceptors (Lipinski definition) is 8. The third-order valence-corrected chi connectivity index (χ3v) is 7.02. The van der Waals surface area contributed by atoms with Crippen molar-refractivity contribution in [3.63, 3.8) is 0 Å². The van der Waals surface area contributed by atoms with Gasteiger partial charge in [-0.15, -0.1) is 0 Å². The molecule has 0 aliphatic heterocycles. The Balaban J connectivity index is 1.89. The molecule has 0 bridgehead atoms. The molecule has 0 aliphatic rings. The van der Waals surface area contributed by atoms with Crippen LogP contribution in [-0.2, 0) is 12.8 Å². The van der Waals surface area contributed by atoms with Crippen LogP contribution in [0.4, 0.5) is 0 Å². The second-order valence-corrected chi connectivity index (χ2v) is 9.36. The van der Waals surface area contributed by atoms with Gasteiger partial charge in [-0.05, 0) is 83.6 Å². The minimum atomic E-state index is -0.701. The van der Waals surface area contributed by atoms with Crippen molar-refractivity contribution >= 4 is 11.6 Å². The van der Waals surface area contributed by atoms with E-state index < -0.39 is 11.6 Å². The average molecular weight is 571 g/mol. The summed E-state index contributed by atoms with van der Waals surface area (Å²) in [5, 5.41) is 0. The number of methoxy groups -OCH3 is 6. The molecule has 0 heterocycles. The van der Waals surface area contributed by atoms with Crippen LogP contribution in [0.1, 0.15) is 31.8 Å². The van der Waals surface area contributed by atoms with Gasteiger partial charge in [-0.25, -0.2) is 0 Å². The normalized spacial score (nSPS) is 10.5. The summed E-state index contributed by atoms with van der Waals surface area (Å²) >= 11 is 0. The SMILES string of the molecule is COc1cccc(CCc2cc(OC)c(OC)cc2-c2cc(OC)c(OC)cc2C(=O)C(=O)c2cccc(OC)c2)c1. The van der Waals surface area contributed by atoms with Crippen LogP contribution in [-0.4, -0.2) is 54.2 Å². The molecule has 8 heteroatoms. The van der Waals surface area contributed by atoms with Gasteiger partial charge in [0.1, 0.15) is 11.5 Å². The largest absolute Gasteiger partial charge is 0.497 e. The number of ketones is 2. The Kier molecular flexibility index (Phi) is 9.70. The third-order valence-electron chi connectivity index (χ3n) is 7.02. The molecule has 4 aromatic rings. The molecular formula is C34H34O8. The van der Waals surface area contributed by atoms with Gasteiger partial charge in [0.15, 0.2) is 23.0 Å². The zero-order valence-corrected chi connectivity index (χ0v) is 24.6. The third kappa shape index (κ3) is 6.33. The van der Waals surface area contributed by atoms with Gasteiger partial charge in [0.2, 0.25) is 11.6 Å². The van der Waals surface area contributed by atoms with E-state index in [0.717, 1.165) is 16.9 Å². The van der Waals surface area contributed by atoms with E-state index in [9.17, 15) is 9.59 Å². The Hall–Kier alpha value is -4.98. The second-order valence-electron chi connectivity index (χ2n) is 9.36. The van der Waals surface area contributed by atoms with Gasteiger partial charge >= 0.3 is 0 Å². The highest BCUT2D eigenvalue weighted by Crippen LogP contribution is 2.42. The molecule has 4 aromatic carbocycles. The fourth-order valence-corrected chi connectivity index (χ4v) is 4.79. The Labute approximate surface area is 245 Å². The maximum atomic E-state index is 13.9. The standard InChI is InChI=1S/C34H34O8/c1-37-24-11-7-9-21(15-24)13-14-22-17-29(39-3)30(40-4)18-26(22)27-19-31(41-5)32(42-6)20-28(27)34(36)33(35)23-10-8-12-25(16-23)38-2/h7-12,15-20H,13-14H2,1-6H3. The summed E-state index contributed by atoms with van der Waals surface area (Å²) in [7, 11) is 9.25. The fraction of sp³-hybridized carbons (Fsp3) is 0.235. The Morgan fingerprint density at radius 1 is 0.524 bits per heavy atom. The van der Waals surface area contributed by atoms with Crippen molar-refractivity contribution in [1.82, 2.24) is 0 Å². The van der Waals surface area contributed by atoms with Crippen molar-refractivity contribution in [2.24, 2.45) is 0 Å². The molecule has 0 fully saturated rings. The average Bonchev–Trinajstić information content (AvgIpc) is 3.05. The van der Waals surface area contributed by atoms with E-state index in [0.29, 0.717) is 52.7 Å². The fourth-order valence-electron chi connectivity index (χ4n) is 4.79. The molecule has 0 atom stereocenters. The van der Waals surface area contributed by atoms with E-state index in [4.69, 9.17) is 28.4 Å². The summed E-state index contributed by atoms with van der Waals surface area (Å²) in [6.07, 6.45) is 1.27. The number of carbonyl (C=O) groups is 2. The molecule has 42 heavy (non-hydrogen) atoms. The van der Waals surface area contributed by atoms with Crippen LogP contribution in [0.25, 0.3) is 11.1 Å². The molecule has 8 nitrogen and oxygen atoms in total. The molecule has 0 aliphatic carbocycles. The van der Waals surface area contributed by atoms with E-state index in [1.54, 1.807) is 45.6 Å². The lowest BCUT2D eigenvalue weighted by Crippen LogP contribution is -2.16. The summed E-state index contributed by atoms with van der Waals surface area (Å²) in [5.41, 5.74) is 3.52. The first-order chi connectivity index (χ1) is 20.4. The Bertz CT molecular complexity index is 1590. The number of aryl methyl sites for hydroxylation is 2. The first-order valence-electron chi connectivity index (χ1n) is 13.2. The number of ether oxygens (including phenoxy) is 6.